The second kappa shape index (κ2) is 10.0. The van der Waals surface area contributed by atoms with Gasteiger partial charge in [-0.05, 0) is 30.5 Å². The Hall–Kier alpha value is -3.81. The molecule has 2 heterocycles. The minimum atomic E-state index is -0.815. The number of carbonyl (C=O) groups is 3. The first-order chi connectivity index (χ1) is 17.5. The molecule has 0 radical (unpaired) electrons. The van der Waals surface area contributed by atoms with Crippen LogP contribution in [0.15, 0.2) is 54.6 Å². The Morgan fingerprint density at radius 1 is 1.00 bits per heavy atom. The van der Waals surface area contributed by atoms with Gasteiger partial charge in [0.15, 0.2) is 11.5 Å². The molecule has 2 aromatic carbocycles. The Balaban J connectivity index is 1.39. The van der Waals surface area contributed by atoms with Crippen molar-refractivity contribution in [2.75, 3.05) is 38.3 Å². The van der Waals surface area contributed by atoms with Crippen LogP contribution in [-0.4, -0.2) is 66.5 Å². The van der Waals surface area contributed by atoms with E-state index in [9.17, 15) is 14.4 Å². The number of hydrogen-bond acceptors (Lipinski definition) is 5. The number of nitrogens with zero attached hydrogens (tertiary/aromatic N) is 3. The third kappa shape index (κ3) is 4.43. The number of fused-ring (bicyclic) bond motifs is 1. The van der Waals surface area contributed by atoms with Crippen molar-refractivity contribution in [1.82, 2.24) is 9.80 Å². The van der Waals surface area contributed by atoms with E-state index in [-0.39, 0.29) is 24.9 Å². The van der Waals surface area contributed by atoms with Crippen molar-refractivity contribution in [3.05, 3.63) is 60.2 Å². The third-order valence-electron chi connectivity index (χ3n) is 7.31. The van der Waals surface area contributed by atoms with Gasteiger partial charge in [0.1, 0.15) is 25.3 Å². The molecular formula is C28H31N3O5. The zero-order valence-corrected chi connectivity index (χ0v) is 20.5. The second-order valence-electron chi connectivity index (χ2n) is 9.47. The smallest absolute Gasteiger partial charge is 0.327 e. The van der Waals surface area contributed by atoms with Crippen molar-refractivity contribution in [1.29, 1.82) is 0 Å². The quantitative estimate of drug-likeness (QED) is 0.571. The van der Waals surface area contributed by atoms with Crippen molar-refractivity contribution in [2.24, 2.45) is 0 Å². The number of ether oxygens (including phenoxy) is 2. The van der Waals surface area contributed by atoms with Gasteiger partial charge in [0, 0.05) is 25.3 Å². The molecule has 36 heavy (non-hydrogen) atoms. The van der Waals surface area contributed by atoms with Gasteiger partial charge in [-0.1, -0.05) is 61.7 Å². The van der Waals surface area contributed by atoms with Gasteiger partial charge in [-0.3, -0.25) is 14.5 Å². The van der Waals surface area contributed by atoms with E-state index in [0.717, 1.165) is 29.7 Å². The molecule has 1 spiro atoms. The molecule has 3 aliphatic rings. The Morgan fingerprint density at radius 2 is 1.72 bits per heavy atom. The van der Waals surface area contributed by atoms with Crippen LogP contribution in [0.5, 0.6) is 11.5 Å². The van der Waals surface area contributed by atoms with Gasteiger partial charge >= 0.3 is 6.03 Å². The van der Waals surface area contributed by atoms with Gasteiger partial charge in [-0.15, -0.1) is 0 Å². The summed E-state index contributed by atoms with van der Waals surface area (Å²) in [5, 5.41) is 0. The number of benzene rings is 2. The molecule has 8 nitrogen and oxygen atoms in total. The van der Waals surface area contributed by atoms with Crippen LogP contribution in [0, 0.1) is 0 Å². The van der Waals surface area contributed by atoms with Gasteiger partial charge in [-0.25, -0.2) is 4.79 Å². The molecule has 0 N–H and O–H groups in total. The number of amides is 4. The van der Waals surface area contributed by atoms with Crippen molar-refractivity contribution < 1.29 is 23.9 Å². The summed E-state index contributed by atoms with van der Waals surface area (Å²) in [6, 6.07) is 14.7. The van der Waals surface area contributed by atoms with Crippen LogP contribution >= 0.6 is 0 Å². The van der Waals surface area contributed by atoms with Crippen LogP contribution in [0.2, 0.25) is 0 Å². The van der Waals surface area contributed by atoms with Crippen LogP contribution < -0.4 is 14.4 Å². The van der Waals surface area contributed by atoms with Gasteiger partial charge in [-0.2, -0.15) is 0 Å². The summed E-state index contributed by atoms with van der Waals surface area (Å²) >= 11 is 0. The predicted molar refractivity (Wildman–Crippen MR) is 136 cm³/mol. The monoisotopic (exact) mass is 489 g/mol. The average molecular weight is 490 g/mol. The average Bonchev–Trinajstić information content (AvgIpc) is 3.08. The highest BCUT2D eigenvalue weighted by molar-refractivity contribution is 6.10. The van der Waals surface area contributed by atoms with Crippen LogP contribution in [0.4, 0.5) is 10.5 Å². The molecule has 0 bridgehead atoms. The lowest BCUT2D eigenvalue weighted by Gasteiger charge is -2.35. The molecule has 5 rings (SSSR count). The molecule has 1 saturated heterocycles. The van der Waals surface area contributed by atoms with Crippen molar-refractivity contribution in [3.8, 4) is 11.5 Å². The highest BCUT2D eigenvalue weighted by Crippen LogP contribution is 2.39. The first-order valence-corrected chi connectivity index (χ1v) is 12.5. The van der Waals surface area contributed by atoms with Gasteiger partial charge in [0.25, 0.3) is 5.91 Å². The van der Waals surface area contributed by atoms with E-state index in [1.165, 1.54) is 0 Å². The summed E-state index contributed by atoms with van der Waals surface area (Å²) in [5.74, 6) is 0.596. The highest BCUT2D eigenvalue weighted by atomic mass is 16.6. The molecule has 2 fully saturated rings. The fraction of sp³-hybridized carbons (Fsp3) is 0.393. The maximum atomic E-state index is 13.6. The van der Waals surface area contributed by atoms with Gasteiger partial charge in [0.05, 0.1) is 0 Å². The first-order valence-electron chi connectivity index (χ1n) is 12.5. The van der Waals surface area contributed by atoms with E-state index in [1.54, 1.807) is 35.0 Å². The molecule has 2 aromatic rings. The Morgan fingerprint density at radius 3 is 2.47 bits per heavy atom. The van der Waals surface area contributed by atoms with Crippen molar-refractivity contribution in [2.45, 2.75) is 37.6 Å². The Kier molecular flexibility index (Phi) is 6.67. The minimum absolute atomic E-state index is 0.259. The SMILES string of the molecule is CN1C(=O)N(CC(=O)N(C/C=C\c2ccccc2)c2ccc3c(c2)OCCO3)C(=O)C12CCCCC2. The second-order valence-corrected chi connectivity index (χ2v) is 9.47. The number of rotatable bonds is 6. The van der Waals surface area contributed by atoms with Gasteiger partial charge in [0.2, 0.25) is 5.91 Å². The van der Waals surface area contributed by atoms with E-state index in [0.29, 0.717) is 43.2 Å². The number of imide groups is 1. The molecule has 1 saturated carbocycles. The fourth-order valence-electron chi connectivity index (χ4n) is 5.30. The molecule has 4 amide bonds. The molecule has 0 atom stereocenters. The van der Waals surface area contributed by atoms with Crippen molar-refractivity contribution in [3.63, 3.8) is 0 Å². The zero-order valence-electron chi connectivity index (χ0n) is 20.5. The van der Waals surface area contributed by atoms with E-state index < -0.39 is 11.6 Å². The molecule has 2 aliphatic heterocycles. The standard InChI is InChI=1S/C28H31N3O5/c1-29-27(34)31(26(33)28(29)14-6-3-7-15-28)20-25(32)30(16-8-11-21-9-4-2-5-10-21)22-12-13-23-24(19-22)36-18-17-35-23/h2,4-5,8-13,19H,3,6-7,14-18,20H2,1H3/b11-8-. The summed E-state index contributed by atoms with van der Waals surface area (Å²) in [5.41, 5.74) is 0.810. The van der Waals surface area contributed by atoms with Crippen LogP contribution in [0.3, 0.4) is 0 Å². The third-order valence-corrected chi connectivity index (χ3v) is 7.31. The largest absolute Gasteiger partial charge is 0.486 e. The summed E-state index contributed by atoms with van der Waals surface area (Å²) in [6.45, 7) is 0.870. The molecule has 0 unspecified atom stereocenters. The molecule has 1 aliphatic carbocycles. The number of urea groups is 1. The number of likely N-dealkylation sites (N-methyl/N-ethyl adjacent to an activating group) is 1. The summed E-state index contributed by atoms with van der Waals surface area (Å²) in [4.78, 5) is 44.4. The predicted octanol–water partition coefficient (Wildman–Crippen LogP) is 4.10. The van der Waals surface area contributed by atoms with Gasteiger partial charge < -0.3 is 19.3 Å². The fourth-order valence-corrected chi connectivity index (χ4v) is 5.30. The maximum absolute atomic E-state index is 13.6. The molecule has 8 heteroatoms. The lowest BCUT2D eigenvalue weighted by molar-refractivity contribution is -0.136. The van der Waals surface area contributed by atoms with E-state index in [1.807, 2.05) is 42.5 Å². The van der Waals surface area contributed by atoms with E-state index in [2.05, 4.69) is 0 Å². The van der Waals surface area contributed by atoms with Crippen LogP contribution in [0.25, 0.3) is 6.08 Å². The van der Waals surface area contributed by atoms with Crippen LogP contribution in [-0.2, 0) is 9.59 Å². The molecular weight excluding hydrogens is 458 g/mol. The Labute approximate surface area is 211 Å². The molecule has 0 aromatic heterocycles. The van der Waals surface area contributed by atoms with E-state index >= 15 is 0 Å². The zero-order chi connectivity index (χ0) is 25.1. The first kappa shape index (κ1) is 23.9. The lowest BCUT2D eigenvalue weighted by atomic mass is 9.81. The summed E-state index contributed by atoms with van der Waals surface area (Å²) < 4.78 is 11.3. The normalized spacial score (nSPS) is 18.8. The maximum Gasteiger partial charge on any atom is 0.327 e. The number of anilines is 1. The van der Waals surface area contributed by atoms with Crippen LogP contribution in [0.1, 0.15) is 37.7 Å². The molecule has 188 valence electrons. The van der Waals surface area contributed by atoms with E-state index in [4.69, 9.17) is 9.47 Å². The number of carbonyl (C=O) groups excluding carboxylic acids is 3. The minimum Gasteiger partial charge on any atom is -0.486 e. The summed E-state index contributed by atoms with van der Waals surface area (Å²) in [6.07, 6.45) is 7.98. The Bertz CT molecular complexity index is 1170. The topological polar surface area (TPSA) is 79.4 Å². The summed E-state index contributed by atoms with van der Waals surface area (Å²) in [7, 11) is 1.68. The van der Waals surface area contributed by atoms with Crippen molar-refractivity contribution >= 4 is 29.6 Å². The number of hydrogen-bond donors (Lipinski definition) is 0. The lowest BCUT2D eigenvalue weighted by Crippen LogP contribution is -2.49. The highest BCUT2D eigenvalue weighted by Gasteiger charge is 2.56.